The van der Waals surface area contributed by atoms with Crippen LogP contribution in [0.5, 0.6) is 0 Å². The van der Waals surface area contributed by atoms with E-state index in [-0.39, 0.29) is 29.9 Å². The molecule has 1 aromatic rings. The molecule has 3 unspecified atom stereocenters. The monoisotopic (exact) mass is 649 g/mol. The van der Waals surface area contributed by atoms with E-state index < -0.39 is 39.5 Å². The second-order valence-corrected chi connectivity index (χ2v) is 13.9. The van der Waals surface area contributed by atoms with E-state index in [1.807, 2.05) is 38.1 Å². The Hall–Kier alpha value is -1.47. The second-order valence-electron chi connectivity index (χ2n) is 9.14. The minimum atomic E-state index is -1.05. The Kier molecular flexibility index (Phi) is 13.4. The molecule has 8 nitrogen and oxygen atoms in total. The smallest absolute Gasteiger partial charge is 0.289 e. The van der Waals surface area contributed by atoms with Crippen molar-refractivity contribution >= 4 is 66.7 Å². The lowest BCUT2D eigenvalue weighted by Gasteiger charge is -2.25. The molecule has 1 heterocycles. The number of unbranched alkanes of at least 4 members (excludes halogenated alkanes) is 1. The first kappa shape index (κ1) is 30.8. The molecule has 0 saturated carbocycles. The maximum atomic E-state index is 13.2. The number of amides is 3. The summed E-state index contributed by atoms with van der Waals surface area (Å²) >= 11 is 2.18. The number of ketones is 1. The first-order valence-corrected chi connectivity index (χ1v) is 16.1. The maximum Gasteiger partial charge on any atom is 0.289 e. The van der Waals surface area contributed by atoms with E-state index in [9.17, 15) is 23.4 Å². The average molecular weight is 650 g/mol. The lowest BCUT2D eigenvalue weighted by molar-refractivity contribution is -0.140. The number of halogens is 1. The van der Waals surface area contributed by atoms with Gasteiger partial charge < -0.3 is 16.0 Å². The SMILES string of the molecule is CCNC(=O)C(=O)C(Cc1ccc(I)cc1)NC(=O)[C@@H](NC(=O)CCCCC1CCSS1=O)C(C)C. The van der Waals surface area contributed by atoms with Gasteiger partial charge in [-0.3, -0.25) is 19.2 Å². The van der Waals surface area contributed by atoms with Crippen molar-refractivity contribution in [2.75, 3.05) is 12.3 Å². The van der Waals surface area contributed by atoms with Gasteiger partial charge >= 0.3 is 0 Å². The van der Waals surface area contributed by atoms with Crippen LogP contribution in [0.4, 0.5) is 0 Å². The van der Waals surface area contributed by atoms with Gasteiger partial charge in [0.1, 0.15) is 12.1 Å². The van der Waals surface area contributed by atoms with Gasteiger partial charge in [0, 0.05) is 34.0 Å². The van der Waals surface area contributed by atoms with E-state index in [0.29, 0.717) is 13.0 Å². The lowest BCUT2D eigenvalue weighted by Crippen LogP contribution is -2.56. The molecule has 1 aromatic carbocycles. The summed E-state index contributed by atoms with van der Waals surface area (Å²) < 4.78 is 12.9. The summed E-state index contributed by atoms with van der Waals surface area (Å²) in [6, 6.07) is 5.61. The molecule has 0 spiro atoms. The molecule has 0 bridgehead atoms. The number of hydrogen-bond donors (Lipinski definition) is 3. The van der Waals surface area contributed by atoms with Gasteiger partial charge in [0.05, 0.1) is 9.83 Å². The summed E-state index contributed by atoms with van der Waals surface area (Å²) in [6.45, 7) is 5.65. The molecule has 0 aliphatic carbocycles. The quantitative estimate of drug-likeness (QED) is 0.123. The van der Waals surface area contributed by atoms with Crippen LogP contribution >= 0.6 is 33.4 Å². The number of likely N-dealkylation sites (N-methyl/N-ethyl adjacent to an activating group) is 1. The minimum absolute atomic E-state index is 0.165. The number of Topliss-reactive ketones (excluding diaryl/α,β-unsaturated/α-hetero) is 1. The number of carbonyl (C=O) groups excluding carboxylic acids is 4. The van der Waals surface area contributed by atoms with Crippen LogP contribution in [-0.4, -0.2) is 57.3 Å². The molecule has 1 aliphatic rings. The highest BCUT2D eigenvalue weighted by atomic mass is 127. The first-order chi connectivity index (χ1) is 17.1. The van der Waals surface area contributed by atoms with Gasteiger partial charge in [-0.05, 0) is 72.4 Å². The Morgan fingerprint density at radius 1 is 1.11 bits per heavy atom. The van der Waals surface area contributed by atoms with Gasteiger partial charge in [-0.15, -0.1) is 0 Å². The Bertz CT molecular complexity index is 942. The van der Waals surface area contributed by atoms with Crippen LogP contribution in [-0.2, 0) is 35.4 Å². The molecular weight excluding hydrogens is 613 g/mol. The Balaban J connectivity index is 1.98. The van der Waals surface area contributed by atoms with Gasteiger partial charge in [-0.25, -0.2) is 4.21 Å². The van der Waals surface area contributed by atoms with Crippen LogP contribution in [0.25, 0.3) is 0 Å². The molecular formula is C25H36IN3O5S2. The van der Waals surface area contributed by atoms with Gasteiger partial charge in [-0.2, -0.15) is 0 Å². The zero-order valence-electron chi connectivity index (χ0n) is 21.0. The van der Waals surface area contributed by atoms with Crippen LogP contribution in [0, 0.1) is 9.49 Å². The summed E-state index contributed by atoms with van der Waals surface area (Å²) in [5.74, 6) is -1.50. The van der Waals surface area contributed by atoms with E-state index >= 15 is 0 Å². The van der Waals surface area contributed by atoms with Crippen LogP contribution in [0.1, 0.15) is 58.4 Å². The number of nitrogens with one attached hydrogen (secondary N) is 3. The summed E-state index contributed by atoms with van der Waals surface area (Å²) in [7, 11) is 0.675. The number of carbonyl (C=O) groups is 4. The van der Waals surface area contributed by atoms with Gasteiger partial charge in [-0.1, -0.05) is 43.2 Å². The average Bonchev–Trinajstić information content (AvgIpc) is 3.25. The highest BCUT2D eigenvalue weighted by Gasteiger charge is 2.31. The molecule has 0 aromatic heterocycles. The number of benzene rings is 1. The van der Waals surface area contributed by atoms with Crippen molar-refractivity contribution < 1.29 is 23.4 Å². The third-order valence-corrected chi connectivity index (χ3v) is 10.3. The van der Waals surface area contributed by atoms with Crippen molar-refractivity contribution in [3.05, 3.63) is 33.4 Å². The first-order valence-electron chi connectivity index (χ1n) is 12.3. The lowest BCUT2D eigenvalue weighted by atomic mass is 9.98. The summed E-state index contributed by atoms with van der Waals surface area (Å²) in [5.41, 5.74) is 0.810. The van der Waals surface area contributed by atoms with Crippen molar-refractivity contribution in [1.29, 1.82) is 0 Å². The molecule has 11 heteroatoms. The van der Waals surface area contributed by atoms with Crippen LogP contribution < -0.4 is 16.0 Å². The standard InChI is InChI=1S/C25H36IN3O5S2/c1-4-27-25(33)23(31)20(15-17-9-11-18(26)12-10-17)28-24(32)22(16(2)3)29-21(30)8-6-5-7-19-13-14-35-36(19)34/h9-12,16,19-20,22H,4-8,13-15H2,1-3H3,(H,27,33)(H,28,32)(H,29,30)/t19?,20?,22-,36?/m0/s1. The molecule has 3 N–H and O–H groups in total. The van der Waals surface area contributed by atoms with Crippen molar-refractivity contribution in [3.63, 3.8) is 0 Å². The molecule has 0 radical (unpaired) electrons. The van der Waals surface area contributed by atoms with Crippen molar-refractivity contribution in [1.82, 2.24) is 16.0 Å². The second kappa shape index (κ2) is 15.7. The highest BCUT2D eigenvalue weighted by molar-refractivity contribution is 14.1. The number of rotatable bonds is 14. The van der Waals surface area contributed by atoms with Crippen LogP contribution in [0.3, 0.4) is 0 Å². The van der Waals surface area contributed by atoms with Crippen molar-refractivity contribution in [3.8, 4) is 0 Å². The third-order valence-electron chi connectivity index (χ3n) is 5.90. The molecule has 4 atom stereocenters. The Labute approximate surface area is 233 Å². The molecule has 200 valence electrons. The zero-order chi connectivity index (χ0) is 26.7. The van der Waals surface area contributed by atoms with Crippen molar-refractivity contribution in [2.24, 2.45) is 5.92 Å². The predicted octanol–water partition coefficient (Wildman–Crippen LogP) is 2.89. The summed E-state index contributed by atoms with van der Waals surface area (Å²) in [4.78, 5) is 50.8. The van der Waals surface area contributed by atoms with E-state index in [1.54, 1.807) is 6.92 Å². The fraction of sp³-hybridized carbons (Fsp3) is 0.600. The normalized spacial score (nSPS) is 18.9. The zero-order valence-corrected chi connectivity index (χ0v) is 24.8. The Morgan fingerprint density at radius 2 is 1.81 bits per heavy atom. The topological polar surface area (TPSA) is 121 Å². The van der Waals surface area contributed by atoms with Gasteiger partial charge in [0.15, 0.2) is 0 Å². The Morgan fingerprint density at radius 3 is 2.39 bits per heavy atom. The van der Waals surface area contributed by atoms with Crippen LogP contribution in [0.15, 0.2) is 24.3 Å². The molecule has 2 rings (SSSR count). The van der Waals surface area contributed by atoms with E-state index in [4.69, 9.17) is 0 Å². The van der Waals surface area contributed by atoms with Crippen molar-refractivity contribution in [2.45, 2.75) is 76.6 Å². The predicted molar refractivity (Wildman–Crippen MR) is 153 cm³/mol. The van der Waals surface area contributed by atoms with Gasteiger partial charge in [0.2, 0.25) is 17.6 Å². The molecule has 3 amide bonds. The molecule has 1 aliphatic heterocycles. The largest absolute Gasteiger partial charge is 0.350 e. The molecule has 36 heavy (non-hydrogen) atoms. The van der Waals surface area contributed by atoms with E-state index in [2.05, 4.69) is 38.5 Å². The summed E-state index contributed by atoms with van der Waals surface area (Å²) in [5, 5.41) is 8.22. The maximum absolute atomic E-state index is 13.2. The van der Waals surface area contributed by atoms with E-state index in [1.165, 1.54) is 10.8 Å². The summed E-state index contributed by atoms with van der Waals surface area (Å²) in [6.07, 6.45) is 3.69. The highest BCUT2D eigenvalue weighted by Crippen LogP contribution is 2.29. The molecule has 1 fully saturated rings. The minimum Gasteiger partial charge on any atom is -0.350 e. The third kappa shape index (κ3) is 10.1. The fourth-order valence-corrected chi connectivity index (χ4v) is 7.72. The molecule has 1 saturated heterocycles. The number of hydrogen-bond acceptors (Lipinski definition) is 6. The van der Waals surface area contributed by atoms with Crippen LogP contribution in [0.2, 0.25) is 0 Å². The van der Waals surface area contributed by atoms with Gasteiger partial charge in [0.25, 0.3) is 5.91 Å². The fourth-order valence-electron chi connectivity index (χ4n) is 3.87. The van der Waals surface area contributed by atoms with E-state index in [0.717, 1.165) is 34.1 Å².